The van der Waals surface area contributed by atoms with Crippen LogP contribution >= 0.6 is 0 Å². The molecule has 0 fully saturated rings. The minimum absolute atomic E-state index is 0.347. The number of hydrogen-bond acceptors (Lipinski definition) is 4. The number of H-pyrrole nitrogens is 1. The lowest BCUT2D eigenvalue weighted by molar-refractivity contribution is -0.103. The number of rotatable bonds is 6. The zero-order valence-corrected chi connectivity index (χ0v) is 14.5. The summed E-state index contributed by atoms with van der Waals surface area (Å²) in [6.07, 6.45) is 6.07. The molecule has 0 saturated heterocycles. The number of ether oxygens (including phenoxy) is 1. The number of aromatic nitrogens is 3. The van der Waals surface area contributed by atoms with Crippen molar-refractivity contribution in [3.8, 4) is 5.75 Å². The Morgan fingerprint density at radius 3 is 2.63 bits per heavy atom. The van der Waals surface area contributed by atoms with Gasteiger partial charge in [0.1, 0.15) is 18.2 Å². The van der Waals surface area contributed by atoms with Crippen molar-refractivity contribution < 1.29 is 9.53 Å². The van der Waals surface area contributed by atoms with Gasteiger partial charge in [0.15, 0.2) is 6.29 Å². The van der Waals surface area contributed by atoms with E-state index in [4.69, 9.17) is 4.74 Å². The summed E-state index contributed by atoms with van der Waals surface area (Å²) in [7, 11) is 0. The summed E-state index contributed by atoms with van der Waals surface area (Å²) in [5.74, 6) is 1.48. The number of fused-ring (bicyclic) bond motifs is 1. The first kappa shape index (κ1) is 16.7. The second-order valence-electron chi connectivity index (χ2n) is 6.02. The highest BCUT2D eigenvalue weighted by Crippen LogP contribution is 2.20. The molecule has 1 N–H and O–H groups in total. The van der Waals surface area contributed by atoms with Gasteiger partial charge in [0.2, 0.25) is 0 Å². The molecule has 0 atom stereocenters. The van der Waals surface area contributed by atoms with E-state index in [-0.39, 0.29) is 0 Å². The lowest BCUT2D eigenvalue weighted by atomic mass is 10.0. The van der Waals surface area contributed by atoms with Crippen LogP contribution in [0.5, 0.6) is 5.75 Å². The molecule has 0 radical (unpaired) electrons. The molecule has 4 aromatic rings. The predicted octanol–water partition coefficient (Wildman–Crippen LogP) is 4.28. The standard InChI is InChI=1S/C22H17N3O2/c26-14-18(12-16-4-3-11-23-13-16)17-7-9-19(10-8-17)27-15-22-24-20-5-1-2-6-21(20)25-22/h1-14H,15H2,(H,24,25)/b18-12-. The van der Waals surface area contributed by atoms with Gasteiger partial charge in [0, 0.05) is 18.0 Å². The van der Waals surface area contributed by atoms with E-state index in [1.54, 1.807) is 12.4 Å². The van der Waals surface area contributed by atoms with Crippen molar-refractivity contribution in [2.24, 2.45) is 0 Å². The normalized spacial score (nSPS) is 11.5. The fraction of sp³-hybridized carbons (Fsp3) is 0.0455. The highest BCUT2D eigenvalue weighted by atomic mass is 16.5. The summed E-state index contributed by atoms with van der Waals surface area (Å²) < 4.78 is 5.80. The lowest BCUT2D eigenvalue weighted by Gasteiger charge is -2.06. The zero-order chi connectivity index (χ0) is 18.5. The summed E-state index contributed by atoms with van der Waals surface area (Å²) >= 11 is 0. The molecule has 2 heterocycles. The quantitative estimate of drug-likeness (QED) is 0.414. The van der Waals surface area contributed by atoms with Crippen LogP contribution in [0.3, 0.4) is 0 Å². The van der Waals surface area contributed by atoms with Crippen LogP contribution in [0.1, 0.15) is 17.0 Å². The molecule has 5 heteroatoms. The summed E-state index contributed by atoms with van der Waals surface area (Å²) in [6, 6.07) is 19.0. The Morgan fingerprint density at radius 1 is 1.04 bits per heavy atom. The Balaban J connectivity index is 1.46. The number of aromatic amines is 1. The van der Waals surface area contributed by atoms with Gasteiger partial charge in [-0.15, -0.1) is 0 Å². The van der Waals surface area contributed by atoms with Crippen molar-refractivity contribution in [2.45, 2.75) is 6.61 Å². The molecule has 0 aliphatic rings. The van der Waals surface area contributed by atoms with Gasteiger partial charge in [-0.2, -0.15) is 0 Å². The third-order valence-corrected chi connectivity index (χ3v) is 4.14. The van der Waals surface area contributed by atoms with Crippen molar-refractivity contribution in [3.05, 3.63) is 90.0 Å². The zero-order valence-electron chi connectivity index (χ0n) is 14.5. The van der Waals surface area contributed by atoms with Crippen LogP contribution in [0.2, 0.25) is 0 Å². The Morgan fingerprint density at radius 2 is 1.89 bits per heavy atom. The van der Waals surface area contributed by atoms with Crippen LogP contribution in [0.15, 0.2) is 73.1 Å². The van der Waals surface area contributed by atoms with E-state index in [2.05, 4.69) is 15.0 Å². The number of para-hydroxylation sites is 2. The van der Waals surface area contributed by atoms with Crippen LogP contribution in [0.25, 0.3) is 22.7 Å². The maximum absolute atomic E-state index is 11.5. The third-order valence-electron chi connectivity index (χ3n) is 4.14. The average molecular weight is 355 g/mol. The SMILES string of the molecule is O=C/C(=C/c1cccnc1)c1ccc(OCc2nc3ccccc3[nH]2)cc1. The summed E-state index contributed by atoms with van der Waals surface area (Å²) in [4.78, 5) is 23.2. The van der Waals surface area contributed by atoms with Crippen LogP contribution in [-0.4, -0.2) is 21.2 Å². The van der Waals surface area contributed by atoms with E-state index < -0.39 is 0 Å². The Kier molecular flexibility index (Phi) is 4.74. The minimum Gasteiger partial charge on any atom is -0.486 e. The summed E-state index contributed by atoms with van der Waals surface area (Å²) in [5, 5.41) is 0. The van der Waals surface area contributed by atoms with Crippen LogP contribution in [0, 0.1) is 0 Å². The van der Waals surface area contributed by atoms with Gasteiger partial charge in [-0.1, -0.05) is 30.3 Å². The Hall–Kier alpha value is -3.73. The van der Waals surface area contributed by atoms with E-state index in [9.17, 15) is 4.79 Å². The summed E-state index contributed by atoms with van der Waals surface area (Å²) in [6.45, 7) is 0.347. The molecule has 2 aromatic heterocycles. The van der Waals surface area contributed by atoms with Crippen molar-refractivity contribution >= 4 is 29.0 Å². The minimum atomic E-state index is 0.347. The van der Waals surface area contributed by atoms with Gasteiger partial charge < -0.3 is 9.72 Å². The largest absolute Gasteiger partial charge is 0.486 e. The first-order chi connectivity index (χ1) is 13.3. The van der Waals surface area contributed by atoms with Gasteiger partial charge in [-0.25, -0.2) is 4.98 Å². The molecule has 0 unspecified atom stereocenters. The number of aldehydes is 1. The van der Waals surface area contributed by atoms with Gasteiger partial charge >= 0.3 is 0 Å². The van der Waals surface area contributed by atoms with Gasteiger partial charge in [-0.3, -0.25) is 9.78 Å². The molecule has 5 nitrogen and oxygen atoms in total. The molecular formula is C22H17N3O2. The number of allylic oxidation sites excluding steroid dienone is 1. The average Bonchev–Trinajstić information content (AvgIpc) is 3.15. The van der Waals surface area contributed by atoms with E-state index in [0.717, 1.165) is 34.3 Å². The summed E-state index contributed by atoms with van der Waals surface area (Å²) in [5.41, 5.74) is 4.20. The molecule has 132 valence electrons. The number of nitrogens with one attached hydrogen (secondary N) is 1. The second kappa shape index (κ2) is 7.66. The van der Waals surface area contributed by atoms with Crippen LogP contribution in [0.4, 0.5) is 0 Å². The highest BCUT2D eigenvalue weighted by Gasteiger charge is 2.05. The maximum atomic E-state index is 11.5. The molecule has 0 aliphatic carbocycles. The number of carbonyl (C=O) groups is 1. The smallest absolute Gasteiger partial charge is 0.150 e. The van der Waals surface area contributed by atoms with E-state index in [0.29, 0.717) is 17.9 Å². The first-order valence-corrected chi connectivity index (χ1v) is 8.55. The predicted molar refractivity (Wildman–Crippen MR) is 105 cm³/mol. The number of pyridine rings is 1. The molecule has 0 saturated carbocycles. The highest BCUT2D eigenvalue weighted by molar-refractivity contribution is 6.13. The van der Waals surface area contributed by atoms with Crippen molar-refractivity contribution in [2.75, 3.05) is 0 Å². The lowest BCUT2D eigenvalue weighted by Crippen LogP contribution is -1.97. The fourth-order valence-electron chi connectivity index (χ4n) is 2.80. The molecular weight excluding hydrogens is 338 g/mol. The van der Waals surface area contributed by atoms with Crippen molar-refractivity contribution in [1.29, 1.82) is 0 Å². The monoisotopic (exact) mass is 355 g/mol. The molecule has 4 rings (SSSR count). The van der Waals surface area contributed by atoms with Crippen LogP contribution in [-0.2, 0) is 11.4 Å². The fourth-order valence-corrected chi connectivity index (χ4v) is 2.80. The van der Waals surface area contributed by atoms with Crippen LogP contribution < -0.4 is 4.74 Å². The third kappa shape index (κ3) is 3.93. The number of carbonyl (C=O) groups excluding carboxylic acids is 1. The molecule has 27 heavy (non-hydrogen) atoms. The Labute approximate surface area is 156 Å². The van der Waals surface area contributed by atoms with E-state index in [1.807, 2.05) is 66.7 Å². The molecule has 0 bridgehead atoms. The number of nitrogens with zero attached hydrogens (tertiary/aromatic N) is 2. The second-order valence-corrected chi connectivity index (χ2v) is 6.02. The van der Waals surface area contributed by atoms with Crippen molar-refractivity contribution in [1.82, 2.24) is 15.0 Å². The van der Waals surface area contributed by atoms with Crippen molar-refractivity contribution in [3.63, 3.8) is 0 Å². The molecule has 0 spiro atoms. The topological polar surface area (TPSA) is 67.9 Å². The van der Waals surface area contributed by atoms with E-state index >= 15 is 0 Å². The molecule has 0 aliphatic heterocycles. The first-order valence-electron chi connectivity index (χ1n) is 8.55. The van der Waals surface area contributed by atoms with Gasteiger partial charge in [0.25, 0.3) is 0 Å². The van der Waals surface area contributed by atoms with E-state index in [1.165, 1.54) is 0 Å². The molecule has 2 aromatic carbocycles. The van der Waals surface area contributed by atoms with Gasteiger partial charge in [0.05, 0.1) is 11.0 Å². The maximum Gasteiger partial charge on any atom is 0.150 e. The number of hydrogen-bond donors (Lipinski definition) is 1. The van der Waals surface area contributed by atoms with Gasteiger partial charge in [-0.05, 0) is 47.5 Å². The number of benzene rings is 2. The Bertz CT molecular complexity index is 1050. The molecule has 0 amide bonds. The number of imidazole rings is 1.